The van der Waals surface area contributed by atoms with E-state index in [2.05, 4.69) is 10.3 Å². The molecule has 0 bridgehead atoms. The van der Waals surface area contributed by atoms with E-state index in [0.717, 1.165) is 50.9 Å². The van der Waals surface area contributed by atoms with Crippen LogP contribution in [0.25, 0.3) is 0 Å². The Morgan fingerprint density at radius 1 is 1.20 bits per heavy atom. The number of fused-ring (bicyclic) bond motifs is 2. The Balaban J connectivity index is 1.54. The van der Waals surface area contributed by atoms with E-state index in [1.54, 1.807) is 18.1 Å². The summed E-state index contributed by atoms with van der Waals surface area (Å²) < 4.78 is 1.97. The first-order valence-corrected chi connectivity index (χ1v) is 11.3. The Bertz CT molecular complexity index is 889. The molecule has 0 unspecified atom stereocenters. The minimum absolute atomic E-state index is 0.0661. The van der Waals surface area contributed by atoms with E-state index in [0.29, 0.717) is 13.1 Å². The molecule has 30 heavy (non-hydrogen) atoms. The van der Waals surface area contributed by atoms with E-state index in [4.69, 9.17) is 0 Å². The number of rotatable bonds is 3. The second-order valence-corrected chi connectivity index (χ2v) is 9.49. The van der Waals surface area contributed by atoms with Crippen molar-refractivity contribution >= 4 is 11.9 Å². The zero-order chi connectivity index (χ0) is 21.5. The number of hydrogen-bond acceptors (Lipinski definition) is 4. The summed E-state index contributed by atoms with van der Waals surface area (Å²) >= 11 is 0. The molecule has 3 amide bonds. The molecule has 8 heteroatoms. The summed E-state index contributed by atoms with van der Waals surface area (Å²) in [7, 11) is 1.80. The molecule has 1 N–H and O–H groups in total. The molecule has 2 aliphatic heterocycles. The second kappa shape index (κ2) is 8.04. The van der Waals surface area contributed by atoms with Gasteiger partial charge >= 0.3 is 6.03 Å². The number of aromatic nitrogens is 2. The Hall–Kier alpha value is -2.38. The van der Waals surface area contributed by atoms with Gasteiger partial charge in [0.1, 0.15) is 11.4 Å². The number of amides is 3. The fourth-order valence-electron chi connectivity index (χ4n) is 5.27. The highest BCUT2D eigenvalue weighted by molar-refractivity contribution is 5.93. The van der Waals surface area contributed by atoms with E-state index < -0.39 is 5.56 Å². The molecule has 1 aromatic heterocycles. The van der Waals surface area contributed by atoms with Crippen molar-refractivity contribution in [3.8, 4) is 0 Å². The van der Waals surface area contributed by atoms with Crippen LogP contribution < -0.4 is 10.9 Å². The maximum absolute atomic E-state index is 13.0. The van der Waals surface area contributed by atoms with Crippen molar-refractivity contribution in [3.63, 3.8) is 0 Å². The number of nitrogens with zero attached hydrogens (tertiary/aromatic N) is 4. The average Bonchev–Trinajstić information content (AvgIpc) is 3.31. The van der Waals surface area contributed by atoms with Crippen LogP contribution >= 0.6 is 0 Å². The summed E-state index contributed by atoms with van der Waals surface area (Å²) in [6, 6.07) is 0.224. The molecule has 4 rings (SSSR count). The molecule has 1 atom stereocenters. The lowest BCUT2D eigenvalue weighted by Gasteiger charge is -2.31. The van der Waals surface area contributed by atoms with E-state index in [1.807, 2.05) is 23.3 Å². The standard InChI is InChI=1S/C22H33N5O3/c1-15(2)23-21(30)27-12-10-22(14-27)9-11-26-13-17(18(28)24-20(22)26)19(29)25(3)16-7-5-4-6-8-16/h13,15-16H,4-12,14H2,1-3H3,(H,23,30)/t22-/m0/s1. The molecule has 1 aliphatic carbocycles. The van der Waals surface area contributed by atoms with Gasteiger partial charge in [-0.1, -0.05) is 19.3 Å². The zero-order valence-electron chi connectivity index (χ0n) is 18.3. The quantitative estimate of drug-likeness (QED) is 0.819. The normalized spacial score (nSPS) is 23.8. The van der Waals surface area contributed by atoms with Crippen LogP contribution in [0.15, 0.2) is 11.0 Å². The van der Waals surface area contributed by atoms with Crippen LogP contribution in [-0.2, 0) is 12.0 Å². The highest BCUT2D eigenvalue weighted by Gasteiger charge is 2.47. The first-order valence-electron chi connectivity index (χ1n) is 11.3. The van der Waals surface area contributed by atoms with Crippen molar-refractivity contribution in [3.05, 3.63) is 27.9 Å². The van der Waals surface area contributed by atoms with Crippen molar-refractivity contribution in [2.75, 3.05) is 20.1 Å². The smallest absolute Gasteiger partial charge is 0.317 e. The van der Waals surface area contributed by atoms with Crippen molar-refractivity contribution in [2.45, 2.75) is 82.8 Å². The molecule has 1 saturated carbocycles. The Kier molecular flexibility index (Phi) is 5.59. The number of aryl methyl sites for hydroxylation is 1. The lowest BCUT2D eigenvalue weighted by atomic mass is 9.85. The van der Waals surface area contributed by atoms with Gasteiger partial charge in [-0.2, -0.15) is 4.98 Å². The number of likely N-dealkylation sites (tertiary alicyclic amines) is 1. The fourth-order valence-corrected chi connectivity index (χ4v) is 5.27. The van der Waals surface area contributed by atoms with Crippen LogP contribution in [0.4, 0.5) is 4.79 Å². The number of urea groups is 1. The van der Waals surface area contributed by atoms with Gasteiger partial charge in [0.25, 0.3) is 11.5 Å². The van der Waals surface area contributed by atoms with Gasteiger partial charge in [-0.15, -0.1) is 0 Å². The minimum Gasteiger partial charge on any atom is -0.339 e. The molecule has 8 nitrogen and oxygen atoms in total. The molecular formula is C22H33N5O3. The largest absolute Gasteiger partial charge is 0.339 e. The molecule has 0 radical (unpaired) electrons. The van der Waals surface area contributed by atoms with Crippen LogP contribution in [0, 0.1) is 0 Å². The van der Waals surface area contributed by atoms with Crippen LogP contribution in [0.2, 0.25) is 0 Å². The molecule has 164 valence electrons. The van der Waals surface area contributed by atoms with Gasteiger partial charge in [-0.3, -0.25) is 9.59 Å². The van der Waals surface area contributed by atoms with Crippen LogP contribution in [0.3, 0.4) is 0 Å². The zero-order valence-corrected chi connectivity index (χ0v) is 18.3. The predicted octanol–water partition coefficient (Wildman–Crippen LogP) is 2.11. The third-order valence-electron chi connectivity index (χ3n) is 7.03. The molecule has 1 aromatic rings. The molecule has 2 fully saturated rings. The number of carbonyl (C=O) groups is 2. The van der Waals surface area contributed by atoms with Crippen LogP contribution in [0.1, 0.15) is 75.0 Å². The first kappa shape index (κ1) is 20.9. The van der Waals surface area contributed by atoms with E-state index in [-0.39, 0.29) is 35.0 Å². The monoisotopic (exact) mass is 415 g/mol. The minimum atomic E-state index is -0.444. The summed E-state index contributed by atoms with van der Waals surface area (Å²) in [6.07, 6.45) is 8.81. The molecular weight excluding hydrogens is 382 g/mol. The number of carbonyl (C=O) groups excluding carboxylic acids is 2. The van der Waals surface area contributed by atoms with Gasteiger partial charge in [0, 0.05) is 50.4 Å². The lowest BCUT2D eigenvalue weighted by molar-refractivity contribution is 0.0693. The SMILES string of the molecule is CC(C)NC(=O)N1CC[C@@]2(CCn3cc(C(=O)N(C)C4CCCCC4)c(=O)nc32)C1. The van der Waals surface area contributed by atoms with E-state index >= 15 is 0 Å². The average molecular weight is 416 g/mol. The molecule has 1 saturated heterocycles. The van der Waals surface area contributed by atoms with E-state index in [9.17, 15) is 14.4 Å². The van der Waals surface area contributed by atoms with Crippen molar-refractivity contribution in [1.82, 2.24) is 24.7 Å². The Morgan fingerprint density at radius 2 is 1.90 bits per heavy atom. The Morgan fingerprint density at radius 3 is 2.60 bits per heavy atom. The third-order valence-corrected chi connectivity index (χ3v) is 7.03. The number of hydrogen-bond donors (Lipinski definition) is 1. The van der Waals surface area contributed by atoms with Gasteiger partial charge in [-0.25, -0.2) is 4.79 Å². The number of nitrogens with one attached hydrogen (secondary N) is 1. The topological polar surface area (TPSA) is 87.5 Å². The first-order chi connectivity index (χ1) is 14.3. The highest BCUT2D eigenvalue weighted by Crippen LogP contribution is 2.41. The van der Waals surface area contributed by atoms with Gasteiger partial charge in [-0.05, 0) is 39.5 Å². The van der Waals surface area contributed by atoms with Gasteiger partial charge in [0.2, 0.25) is 0 Å². The summed E-state index contributed by atoms with van der Waals surface area (Å²) in [5, 5.41) is 2.94. The second-order valence-electron chi connectivity index (χ2n) is 9.49. The molecule has 3 aliphatic rings. The third kappa shape index (κ3) is 3.72. The summed E-state index contributed by atoms with van der Waals surface area (Å²) in [5.74, 6) is 0.504. The summed E-state index contributed by atoms with van der Waals surface area (Å²) in [4.78, 5) is 46.2. The van der Waals surface area contributed by atoms with Crippen LogP contribution in [-0.4, -0.2) is 63.5 Å². The summed E-state index contributed by atoms with van der Waals surface area (Å²) in [5.41, 5.74) is -0.568. The van der Waals surface area contributed by atoms with Gasteiger partial charge in [0.15, 0.2) is 0 Å². The van der Waals surface area contributed by atoms with Crippen molar-refractivity contribution < 1.29 is 9.59 Å². The lowest BCUT2D eigenvalue weighted by Crippen LogP contribution is -2.43. The van der Waals surface area contributed by atoms with Gasteiger partial charge in [0.05, 0.1) is 0 Å². The maximum Gasteiger partial charge on any atom is 0.317 e. The predicted molar refractivity (Wildman–Crippen MR) is 114 cm³/mol. The summed E-state index contributed by atoms with van der Waals surface area (Å²) in [6.45, 7) is 5.82. The van der Waals surface area contributed by atoms with Crippen LogP contribution in [0.5, 0.6) is 0 Å². The molecule has 3 heterocycles. The van der Waals surface area contributed by atoms with Gasteiger partial charge < -0.3 is 19.7 Å². The Labute approximate surface area is 177 Å². The van der Waals surface area contributed by atoms with Crippen molar-refractivity contribution in [2.24, 2.45) is 0 Å². The maximum atomic E-state index is 13.0. The van der Waals surface area contributed by atoms with Crippen molar-refractivity contribution in [1.29, 1.82) is 0 Å². The fraction of sp³-hybridized carbons (Fsp3) is 0.727. The highest BCUT2D eigenvalue weighted by atomic mass is 16.2. The van der Waals surface area contributed by atoms with E-state index in [1.165, 1.54) is 6.42 Å². The molecule has 0 aromatic carbocycles. The molecule has 1 spiro atoms.